The van der Waals surface area contributed by atoms with E-state index >= 15 is 0 Å². The average molecular weight is 288 g/mol. The number of rotatable bonds is 5. The van der Waals surface area contributed by atoms with Crippen molar-refractivity contribution in [2.45, 2.75) is 51.3 Å². The molecule has 2 aliphatic rings. The summed E-state index contributed by atoms with van der Waals surface area (Å²) in [6, 6.07) is 9.66. The molecule has 2 atom stereocenters. The largest absolute Gasteiger partial charge is 0.374 e. The molecule has 1 N–H and O–H groups in total. The molecule has 21 heavy (non-hydrogen) atoms. The minimum Gasteiger partial charge on any atom is -0.374 e. The maximum Gasteiger partial charge on any atom is 0.0827 e. The van der Waals surface area contributed by atoms with Crippen molar-refractivity contribution in [1.29, 1.82) is 0 Å². The van der Waals surface area contributed by atoms with Gasteiger partial charge in [-0.25, -0.2) is 0 Å². The highest BCUT2D eigenvalue weighted by Crippen LogP contribution is 2.22. The van der Waals surface area contributed by atoms with Crippen LogP contribution in [0.1, 0.15) is 43.7 Å². The SMILES string of the molecule is CC(C)c1ccc(CNCC2CN3CCCC3CO2)cc1. The van der Waals surface area contributed by atoms with Crippen LogP contribution in [-0.4, -0.2) is 43.3 Å². The Balaban J connectivity index is 1.41. The molecular formula is C18H28N2O. The zero-order valence-corrected chi connectivity index (χ0v) is 13.3. The van der Waals surface area contributed by atoms with Crippen molar-refractivity contribution in [2.24, 2.45) is 0 Å². The lowest BCUT2D eigenvalue weighted by Crippen LogP contribution is -2.49. The predicted octanol–water partition coefficient (Wildman–Crippen LogP) is 2.76. The molecule has 0 aromatic heterocycles. The van der Waals surface area contributed by atoms with Crippen molar-refractivity contribution in [3.05, 3.63) is 35.4 Å². The van der Waals surface area contributed by atoms with Crippen molar-refractivity contribution < 1.29 is 4.74 Å². The molecule has 3 rings (SSSR count). The molecule has 1 aromatic carbocycles. The Bertz CT molecular complexity index is 443. The van der Waals surface area contributed by atoms with Gasteiger partial charge < -0.3 is 10.1 Å². The molecule has 2 aliphatic heterocycles. The maximum atomic E-state index is 5.98. The molecule has 0 aliphatic carbocycles. The maximum absolute atomic E-state index is 5.98. The Morgan fingerprint density at radius 3 is 2.86 bits per heavy atom. The van der Waals surface area contributed by atoms with E-state index in [9.17, 15) is 0 Å². The lowest BCUT2D eigenvalue weighted by molar-refractivity contribution is -0.0470. The van der Waals surface area contributed by atoms with Gasteiger partial charge in [0.2, 0.25) is 0 Å². The van der Waals surface area contributed by atoms with Crippen LogP contribution in [0.2, 0.25) is 0 Å². The highest BCUT2D eigenvalue weighted by molar-refractivity contribution is 5.24. The topological polar surface area (TPSA) is 24.5 Å². The molecule has 2 heterocycles. The first-order chi connectivity index (χ1) is 10.2. The standard InChI is InChI=1S/C18H28N2O/c1-14(2)16-7-5-15(6-8-16)10-19-11-18-12-20-9-3-4-17(20)13-21-18/h5-8,14,17-19H,3-4,9-13H2,1-2H3. The van der Waals surface area contributed by atoms with Crippen molar-refractivity contribution >= 4 is 0 Å². The summed E-state index contributed by atoms with van der Waals surface area (Å²) in [4.78, 5) is 2.60. The van der Waals surface area contributed by atoms with Crippen LogP contribution >= 0.6 is 0 Å². The number of benzene rings is 1. The lowest BCUT2D eigenvalue weighted by atomic mass is 10.0. The second kappa shape index (κ2) is 6.91. The molecular weight excluding hydrogens is 260 g/mol. The summed E-state index contributed by atoms with van der Waals surface area (Å²) in [7, 11) is 0. The Morgan fingerprint density at radius 1 is 1.29 bits per heavy atom. The summed E-state index contributed by atoms with van der Waals surface area (Å²) >= 11 is 0. The zero-order valence-electron chi connectivity index (χ0n) is 13.3. The van der Waals surface area contributed by atoms with E-state index in [4.69, 9.17) is 4.74 Å². The molecule has 0 spiro atoms. The van der Waals surface area contributed by atoms with E-state index in [1.807, 2.05) is 0 Å². The number of nitrogens with zero attached hydrogens (tertiary/aromatic N) is 1. The second-order valence-electron chi connectivity index (χ2n) is 6.77. The van der Waals surface area contributed by atoms with E-state index in [1.165, 1.54) is 30.5 Å². The Labute approximate surface area is 128 Å². The minimum atomic E-state index is 0.356. The molecule has 2 saturated heterocycles. The molecule has 1 aromatic rings. The fourth-order valence-corrected chi connectivity index (χ4v) is 3.41. The first kappa shape index (κ1) is 15.0. The average Bonchev–Trinajstić information content (AvgIpc) is 2.95. The van der Waals surface area contributed by atoms with Gasteiger partial charge in [-0.3, -0.25) is 4.90 Å². The minimum absolute atomic E-state index is 0.356. The Kier molecular flexibility index (Phi) is 4.94. The van der Waals surface area contributed by atoms with Crippen molar-refractivity contribution in [1.82, 2.24) is 10.2 Å². The number of ether oxygens (including phenoxy) is 1. The first-order valence-corrected chi connectivity index (χ1v) is 8.37. The van der Waals surface area contributed by atoms with E-state index in [0.29, 0.717) is 18.1 Å². The molecule has 0 bridgehead atoms. The van der Waals surface area contributed by atoms with E-state index in [1.54, 1.807) is 0 Å². The fourth-order valence-electron chi connectivity index (χ4n) is 3.41. The first-order valence-electron chi connectivity index (χ1n) is 8.37. The smallest absolute Gasteiger partial charge is 0.0827 e. The number of morpholine rings is 1. The van der Waals surface area contributed by atoms with Crippen LogP contribution in [0.15, 0.2) is 24.3 Å². The Morgan fingerprint density at radius 2 is 2.10 bits per heavy atom. The van der Waals surface area contributed by atoms with E-state index < -0.39 is 0 Å². The molecule has 0 radical (unpaired) electrons. The zero-order chi connectivity index (χ0) is 14.7. The van der Waals surface area contributed by atoms with Gasteiger partial charge in [-0.2, -0.15) is 0 Å². The van der Waals surface area contributed by atoms with E-state index in [-0.39, 0.29) is 0 Å². The second-order valence-corrected chi connectivity index (χ2v) is 6.77. The van der Waals surface area contributed by atoms with Crippen LogP contribution in [0.3, 0.4) is 0 Å². The summed E-state index contributed by atoms with van der Waals surface area (Å²) in [5.41, 5.74) is 2.77. The van der Waals surface area contributed by atoms with E-state index in [0.717, 1.165) is 26.2 Å². The summed E-state index contributed by atoms with van der Waals surface area (Å²) < 4.78 is 5.98. The predicted molar refractivity (Wildman–Crippen MR) is 86.6 cm³/mol. The molecule has 3 heteroatoms. The molecule has 0 saturated carbocycles. The number of fused-ring (bicyclic) bond motifs is 1. The van der Waals surface area contributed by atoms with Crippen LogP contribution in [0.5, 0.6) is 0 Å². The lowest BCUT2D eigenvalue weighted by Gasteiger charge is -2.35. The van der Waals surface area contributed by atoms with Crippen LogP contribution in [-0.2, 0) is 11.3 Å². The third-order valence-corrected chi connectivity index (χ3v) is 4.81. The van der Waals surface area contributed by atoms with Crippen LogP contribution in [0.4, 0.5) is 0 Å². The van der Waals surface area contributed by atoms with Gasteiger partial charge in [-0.15, -0.1) is 0 Å². The number of nitrogens with one attached hydrogen (secondary N) is 1. The summed E-state index contributed by atoms with van der Waals surface area (Å²) in [6.07, 6.45) is 3.02. The monoisotopic (exact) mass is 288 g/mol. The van der Waals surface area contributed by atoms with Crippen molar-refractivity contribution in [3.8, 4) is 0 Å². The van der Waals surface area contributed by atoms with Crippen LogP contribution in [0.25, 0.3) is 0 Å². The van der Waals surface area contributed by atoms with Crippen molar-refractivity contribution in [3.63, 3.8) is 0 Å². The summed E-state index contributed by atoms with van der Waals surface area (Å²) in [5, 5.41) is 3.55. The van der Waals surface area contributed by atoms with Gasteiger partial charge in [0, 0.05) is 25.7 Å². The highest BCUT2D eigenvalue weighted by Gasteiger charge is 2.31. The third-order valence-electron chi connectivity index (χ3n) is 4.81. The van der Waals surface area contributed by atoms with Gasteiger partial charge in [0.1, 0.15) is 0 Å². The number of hydrogen-bond donors (Lipinski definition) is 1. The molecule has 2 fully saturated rings. The molecule has 116 valence electrons. The summed E-state index contributed by atoms with van der Waals surface area (Å²) in [5.74, 6) is 0.607. The van der Waals surface area contributed by atoms with Crippen LogP contribution < -0.4 is 5.32 Å². The van der Waals surface area contributed by atoms with Gasteiger partial charge in [-0.1, -0.05) is 38.1 Å². The van der Waals surface area contributed by atoms with Gasteiger partial charge in [0.05, 0.1) is 12.7 Å². The quantitative estimate of drug-likeness (QED) is 0.901. The van der Waals surface area contributed by atoms with Crippen molar-refractivity contribution in [2.75, 3.05) is 26.2 Å². The fraction of sp³-hybridized carbons (Fsp3) is 0.667. The van der Waals surface area contributed by atoms with Gasteiger partial charge in [0.25, 0.3) is 0 Å². The summed E-state index contributed by atoms with van der Waals surface area (Å²) in [6.45, 7) is 9.65. The van der Waals surface area contributed by atoms with Gasteiger partial charge >= 0.3 is 0 Å². The molecule has 2 unspecified atom stereocenters. The van der Waals surface area contributed by atoms with Gasteiger partial charge in [-0.05, 0) is 36.4 Å². The normalized spacial score (nSPS) is 26.2. The van der Waals surface area contributed by atoms with E-state index in [2.05, 4.69) is 48.3 Å². The Hall–Kier alpha value is -0.900. The molecule has 3 nitrogen and oxygen atoms in total. The molecule has 0 amide bonds. The number of hydrogen-bond acceptors (Lipinski definition) is 3. The highest BCUT2D eigenvalue weighted by atomic mass is 16.5. The third kappa shape index (κ3) is 3.85. The van der Waals surface area contributed by atoms with Gasteiger partial charge in [0.15, 0.2) is 0 Å². The van der Waals surface area contributed by atoms with Crippen LogP contribution in [0, 0.1) is 0 Å².